The van der Waals surface area contributed by atoms with Gasteiger partial charge in [0.1, 0.15) is 0 Å². The summed E-state index contributed by atoms with van der Waals surface area (Å²) in [7, 11) is 3.36. The number of aromatic nitrogens is 2. The van der Waals surface area contributed by atoms with E-state index in [2.05, 4.69) is 4.98 Å². The molecule has 0 spiro atoms. The summed E-state index contributed by atoms with van der Waals surface area (Å²) in [6.07, 6.45) is 2.33. The Morgan fingerprint density at radius 3 is 2.53 bits per heavy atom. The quantitative estimate of drug-likeness (QED) is 0.510. The van der Waals surface area contributed by atoms with E-state index in [9.17, 15) is 19.5 Å². The molecule has 1 aromatic heterocycles. The van der Waals surface area contributed by atoms with Crippen molar-refractivity contribution in [3.8, 4) is 0 Å². The number of aliphatic hydroxyl groups excluding tert-OH is 1. The number of carbonyl (C=O) groups excluding carboxylic acids is 2. The predicted molar refractivity (Wildman–Crippen MR) is 137 cm³/mol. The van der Waals surface area contributed by atoms with E-state index < -0.39 is 6.10 Å². The molecule has 1 fully saturated rings. The maximum absolute atomic E-state index is 13.4. The molecule has 4 rings (SSSR count). The lowest BCUT2D eigenvalue weighted by atomic mass is 9.94. The molecule has 0 aliphatic carbocycles. The Morgan fingerprint density at radius 2 is 1.86 bits per heavy atom. The van der Waals surface area contributed by atoms with Crippen molar-refractivity contribution >= 4 is 22.6 Å². The summed E-state index contributed by atoms with van der Waals surface area (Å²) < 4.78 is 6.85. The SMILES string of the molecule is Cc1c(Cc2ccc(C(=O)CCC(=O)N(C)C)cc2)cc2c(=O)n([C@H]3CCOC[C@@H]3O)cnc2c1C. The highest BCUT2D eigenvalue weighted by Crippen LogP contribution is 2.26. The Kier molecular flexibility index (Phi) is 7.66. The zero-order valence-electron chi connectivity index (χ0n) is 21.3. The standard InChI is InChI=1S/C28H33N3O5/c1-17-18(2)27-22(28(35)31(16-29-27)23-11-12-36-15-25(23)33)14-21(17)13-19-5-7-20(8-6-19)24(32)9-10-26(34)30(3)4/h5-8,14,16,23,25,33H,9-13,15H2,1-4H3/t23-,25-/m0/s1. The lowest BCUT2D eigenvalue weighted by Crippen LogP contribution is -2.39. The first-order valence-electron chi connectivity index (χ1n) is 12.3. The summed E-state index contributed by atoms with van der Waals surface area (Å²) in [6.45, 7) is 4.70. The van der Waals surface area contributed by atoms with Crippen LogP contribution in [0, 0.1) is 13.8 Å². The molecule has 2 atom stereocenters. The van der Waals surface area contributed by atoms with Crippen molar-refractivity contribution in [1.82, 2.24) is 14.5 Å². The summed E-state index contributed by atoms with van der Waals surface area (Å²) in [5.74, 6) is -0.126. The van der Waals surface area contributed by atoms with Crippen molar-refractivity contribution in [2.75, 3.05) is 27.3 Å². The third kappa shape index (κ3) is 5.24. The molecule has 36 heavy (non-hydrogen) atoms. The number of ether oxygens (including phenoxy) is 1. The highest BCUT2D eigenvalue weighted by atomic mass is 16.5. The van der Waals surface area contributed by atoms with Crippen LogP contribution < -0.4 is 5.56 Å². The molecule has 3 aromatic rings. The number of aliphatic hydroxyl groups is 1. The summed E-state index contributed by atoms with van der Waals surface area (Å²) in [5.41, 5.74) is 5.15. The highest BCUT2D eigenvalue weighted by molar-refractivity contribution is 5.98. The maximum Gasteiger partial charge on any atom is 0.261 e. The molecular formula is C28H33N3O5. The van der Waals surface area contributed by atoms with Gasteiger partial charge in [0, 0.05) is 39.1 Å². The van der Waals surface area contributed by atoms with E-state index in [0.717, 1.165) is 22.3 Å². The van der Waals surface area contributed by atoms with Gasteiger partial charge in [-0.15, -0.1) is 0 Å². The second-order valence-corrected chi connectivity index (χ2v) is 9.72. The number of fused-ring (bicyclic) bond motifs is 1. The van der Waals surface area contributed by atoms with Crippen LogP contribution >= 0.6 is 0 Å². The van der Waals surface area contributed by atoms with Gasteiger partial charge in [0.25, 0.3) is 5.56 Å². The van der Waals surface area contributed by atoms with Crippen LogP contribution in [-0.4, -0.2) is 64.7 Å². The molecule has 0 saturated carbocycles. The van der Waals surface area contributed by atoms with Crippen LogP contribution in [0.15, 0.2) is 41.5 Å². The molecule has 1 aliphatic rings. The molecule has 1 aliphatic heterocycles. The number of aryl methyl sites for hydroxylation is 1. The summed E-state index contributed by atoms with van der Waals surface area (Å²) in [4.78, 5) is 43.7. The van der Waals surface area contributed by atoms with Crippen LogP contribution in [0.1, 0.15) is 57.9 Å². The largest absolute Gasteiger partial charge is 0.389 e. The Morgan fingerprint density at radius 1 is 1.14 bits per heavy atom. The van der Waals surface area contributed by atoms with E-state index in [0.29, 0.717) is 35.9 Å². The number of amides is 1. The van der Waals surface area contributed by atoms with Gasteiger partial charge in [-0.1, -0.05) is 24.3 Å². The monoisotopic (exact) mass is 491 g/mol. The second-order valence-electron chi connectivity index (χ2n) is 9.72. The lowest BCUT2D eigenvalue weighted by Gasteiger charge is -2.29. The van der Waals surface area contributed by atoms with Crippen molar-refractivity contribution in [2.45, 2.75) is 51.7 Å². The minimum Gasteiger partial charge on any atom is -0.389 e. The van der Waals surface area contributed by atoms with Gasteiger partial charge < -0.3 is 14.7 Å². The van der Waals surface area contributed by atoms with E-state index in [1.807, 2.05) is 32.0 Å². The zero-order chi connectivity index (χ0) is 26.0. The van der Waals surface area contributed by atoms with Gasteiger partial charge >= 0.3 is 0 Å². The lowest BCUT2D eigenvalue weighted by molar-refractivity contribution is -0.128. The minimum absolute atomic E-state index is 0.0589. The molecule has 2 aromatic carbocycles. The Bertz CT molecular complexity index is 1340. The van der Waals surface area contributed by atoms with Crippen molar-refractivity contribution < 1.29 is 19.4 Å². The first-order chi connectivity index (χ1) is 17.2. The molecule has 190 valence electrons. The fourth-order valence-corrected chi connectivity index (χ4v) is 4.68. The smallest absolute Gasteiger partial charge is 0.261 e. The molecule has 8 nitrogen and oxygen atoms in total. The maximum atomic E-state index is 13.4. The number of Topliss-reactive ketones (excluding diaryl/α,β-unsaturated/α-hetero) is 1. The third-order valence-corrected chi connectivity index (χ3v) is 7.13. The molecule has 0 unspecified atom stereocenters. The van der Waals surface area contributed by atoms with Crippen molar-refractivity contribution in [1.29, 1.82) is 0 Å². The molecule has 1 amide bonds. The number of carbonyl (C=O) groups is 2. The fraction of sp³-hybridized carbons (Fsp3) is 0.429. The van der Waals surface area contributed by atoms with Crippen LogP contribution in [0.4, 0.5) is 0 Å². The molecule has 0 radical (unpaired) electrons. The average molecular weight is 492 g/mol. The Labute approximate surface area is 210 Å². The Hall–Kier alpha value is -3.36. The summed E-state index contributed by atoms with van der Waals surface area (Å²) >= 11 is 0. The first kappa shape index (κ1) is 25.7. The van der Waals surface area contributed by atoms with Gasteiger partial charge in [-0.2, -0.15) is 0 Å². The Balaban J connectivity index is 1.59. The van der Waals surface area contributed by atoms with Gasteiger partial charge in [-0.25, -0.2) is 4.98 Å². The van der Waals surface area contributed by atoms with Crippen molar-refractivity contribution in [3.05, 3.63) is 74.8 Å². The van der Waals surface area contributed by atoms with Crippen LogP contribution in [0.2, 0.25) is 0 Å². The molecular weight excluding hydrogens is 458 g/mol. The number of ketones is 1. The van der Waals surface area contributed by atoms with Gasteiger partial charge in [0.2, 0.25) is 5.91 Å². The molecule has 1 N–H and O–H groups in total. The number of rotatable bonds is 7. The second kappa shape index (κ2) is 10.7. The topological polar surface area (TPSA) is 102 Å². The summed E-state index contributed by atoms with van der Waals surface area (Å²) in [5, 5.41) is 10.9. The number of nitrogens with zero attached hydrogens (tertiary/aromatic N) is 3. The molecule has 1 saturated heterocycles. The van der Waals surface area contributed by atoms with Gasteiger partial charge in [0.15, 0.2) is 5.78 Å². The van der Waals surface area contributed by atoms with Crippen LogP contribution in [-0.2, 0) is 16.0 Å². The van der Waals surface area contributed by atoms with E-state index in [1.165, 1.54) is 15.8 Å². The van der Waals surface area contributed by atoms with Crippen molar-refractivity contribution in [3.63, 3.8) is 0 Å². The normalized spacial score (nSPS) is 17.8. The molecule has 2 heterocycles. The van der Waals surface area contributed by atoms with Crippen LogP contribution in [0.3, 0.4) is 0 Å². The van der Waals surface area contributed by atoms with Crippen molar-refractivity contribution in [2.24, 2.45) is 0 Å². The number of benzene rings is 2. The molecule has 8 heteroatoms. The van der Waals surface area contributed by atoms with Gasteiger partial charge in [0.05, 0.1) is 36.0 Å². The summed E-state index contributed by atoms with van der Waals surface area (Å²) in [6, 6.07) is 8.97. The average Bonchev–Trinajstić information content (AvgIpc) is 2.87. The van der Waals surface area contributed by atoms with Crippen LogP contribution in [0.25, 0.3) is 10.9 Å². The van der Waals surface area contributed by atoms with E-state index >= 15 is 0 Å². The number of hydrogen-bond acceptors (Lipinski definition) is 6. The highest BCUT2D eigenvalue weighted by Gasteiger charge is 2.27. The van der Waals surface area contributed by atoms with E-state index in [1.54, 1.807) is 26.2 Å². The van der Waals surface area contributed by atoms with Gasteiger partial charge in [-0.3, -0.25) is 19.0 Å². The third-order valence-electron chi connectivity index (χ3n) is 7.13. The first-order valence-corrected chi connectivity index (χ1v) is 12.3. The van der Waals surface area contributed by atoms with Gasteiger partial charge in [-0.05, 0) is 55.0 Å². The molecule has 0 bridgehead atoms. The van der Waals surface area contributed by atoms with Crippen LogP contribution in [0.5, 0.6) is 0 Å². The fourth-order valence-electron chi connectivity index (χ4n) is 4.68. The number of hydrogen-bond donors (Lipinski definition) is 1. The zero-order valence-corrected chi connectivity index (χ0v) is 21.3. The predicted octanol–water partition coefficient (Wildman–Crippen LogP) is 2.98. The minimum atomic E-state index is -0.746. The van der Waals surface area contributed by atoms with E-state index in [4.69, 9.17) is 4.74 Å². The van der Waals surface area contributed by atoms with E-state index in [-0.39, 0.29) is 42.7 Å².